The van der Waals surface area contributed by atoms with Crippen molar-refractivity contribution in [3.8, 4) is 28.5 Å². The number of Topliss-reactive ketones (excluding diaryl/α,β-unsaturated/α-hetero) is 1. The minimum atomic E-state index is -0.265. The third-order valence-electron chi connectivity index (χ3n) is 5.42. The first-order chi connectivity index (χ1) is 13.4. The van der Waals surface area contributed by atoms with E-state index in [1.54, 1.807) is 27.5 Å². The van der Waals surface area contributed by atoms with Crippen molar-refractivity contribution in [2.45, 2.75) is 19.8 Å². The predicted octanol–water partition coefficient (Wildman–Crippen LogP) is 3.64. The molecule has 1 aliphatic carbocycles. The molecule has 2 heterocycles. The molecule has 0 bridgehead atoms. The van der Waals surface area contributed by atoms with E-state index in [2.05, 4.69) is 4.98 Å². The van der Waals surface area contributed by atoms with E-state index in [0.29, 0.717) is 39.7 Å². The zero-order valence-electron chi connectivity index (χ0n) is 16.7. The Balaban J connectivity index is 1.87. The number of nitrogens with zero attached hydrogens (tertiary/aromatic N) is 3. The molecule has 0 saturated heterocycles. The van der Waals surface area contributed by atoms with Crippen LogP contribution in [0, 0.1) is 5.41 Å². The molecule has 0 spiro atoms. The molecule has 7 nitrogen and oxygen atoms in total. The second-order valence-electron chi connectivity index (χ2n) is 7.38. The van der Waals surface area contributed by atoms with Crippen molar-refractivity contribution in [3.05, 3.63) is 30.1 Å². The molecule has 0 unspecified atom stereocenters. The van der Waals surface area contributed by atoms with Crippen LogP contribution in [0.2, 0.25) is 0 Å². The fourth-order valence-corrected chi connectivity index (χ4v) is 3.41. The summed E-state index contributed by atoms with van der Waals surface area (Å²) in [5.41, 5.74) is 3.06. The van der Waals surface area contributed by atoms with Crippen molar-refractivity contribution in [1.29, 1.82) is 0 Å². The van der Waals surface area contributed by atoms with Crippen LogP contribution in [0.1, 0.15) is 30.1 Å². The molecule has 28 heavy (non-hydrogen) atoms. The van der Waals surface area contributed by atoms with E-state index in [0.717, 1.165) is 18.4 Å². The summed E-state index contributed by atoms with van der Waals surface area (Å²) in [5.74, 6) is 1.72. The first kappa shape index (κ1) is 18.3. The largest absolute Gasteiger partial charge is 0.493 e. The van der Waals surface area contributed by atoms with Gasteiger partial charge in [0.1, 0.15) is 5.52 Å². The molecule has 1 aromatic carbocycles. The van der Waals surface area contributed by atoms with Gasteiger partial charge in [-0.05, 0) is 25.0 Å². The normalized spacial score (nSPS) is 14.8. The lowest BCUT2D eigenvalue weighted by Gasteiger charge is -2.14. The lowest BCUT2D eigenvalue weighted by Crippen LogP contribution is -2.11. The minimum Gasteiger partial charge on any atom is -0.493 e. The van der Waals surface area contributed by atoms with E-state index in [9.17, 15) is 4.79 Å². The highest BCUT2D eigenvalue weighted by molar-refractivity contribution is 6.10. The van der Waals surface area contributed by atoms with Crippen molar-refractivity contribution < 1.29 is 19.0 Å². The molecule has 3 aromatic rings. The number of methoxy groups -OCH3 is 3. The maximum absolute atomic E-state index is 13.0. The van der Waals surface area contributed by atoms with Crippen LogP contribution >= 0.6 is 0 Å². The smallest absolute Gasteiger partial charge is 0.203 e. The van der Waals surface area contributed by atoms with Crippen LogP contribution in [0.4, 0.5) is 0 Å². The Morgan fingerprint density at radius 3 is 2.29 bits per heavy atom. The molecule has 146 valence electrons. The number of ether oxygens (including phenoxy) is 3. The van der Waals surface area contributed by atoms with Gasteiger partial charge in [-0.1, -0.05) is 6.92 Å². The highest BCUT2D eigenvalue weighted by Gasteiger charge is 2.46. The summed E-state index contributed by atoms with van der Waals surface area (Å²) in [6, 6.07) is 3.65. The van der Waals surface area contributed by atoms with Crippen molar-refractivity contribution in [1.82, 2.24) is 14.5 Å². The highest BCUT2D eigenvalue weighted by atomic mass is 16.5. The Hall–Kier alpha value is -3.09. The predicted molar refractivity (Wildman–Crippen MR) is 105 cm³/mol. The topological polar surface area (TPSA) is 75.5 Å². The molecule has 0 aliphatic heterocycles. The average molecular weight is 381 g/mol. The van der Waals surface area contributed by atoms with Gasteiger partial charge in [-0.25, -0.2) is 9.97 Å². The van der Waals surface area contributed by atoms with Gasteiger partial charge in [0.2, 0.25) is 5.75 Å². The Morgan fingerprint density at radius 2 is 1.75 bits per heavy atom. The molecule has 0 N–H and O–H groups in total. The van der Waals surface area contributed by atoms with E-state index >= 15 is 0 Å². The Kier molecular flexibility index (Phi) is 4.25. The molecule has 1 aliphatic rings. The fourth-order valence-electron chi connectivity index (χ4n) is 3.41. The van der Waals surface area contributed by atoms with Gasteiger partial charge in [-0.2, -0.15) is 0 Å². The summed E-state index contributed by atoms with van der Waals surface area (Å²) in [7, 11) is 6.58. The molecule has 1 saturated carbocycles. The van der Waals surface area contributed by atoms with Gasteiger partial charge in [0.25, 0.3) is 0 Å². The molecule has 0 amide bonds. The van der Waals surface area contributed by atoms with Crippen LogP contribution in [-0.2, 0) is 7.05 Å². The summed E-state index contributed by atoms with van der Waals surface area (Å²) in [6.45, 7) is 2.00. The second-order valence-corrected chi connectivity index (χ2v) is 7.38. The van der Waals surface area contributed by atoms with E-state index in [1.807, 2.05) is 36.9 Å². The van der Waals surface area contributed by atoms with Crippen molar-refractivity contribution in [2.75, 3.05) is 21.3 Å². The van der Waals surface area contributed by atoms with Gasteiger partial charge in [-0.3, -0.25) is 4.79 Å². The number of aryl methyl sites for hydroxylation is 1. The summed E-state index contributed by atoms with van der Waals surface area (Å²) >= 11 is 0. The number of rotatable bonds is 6. The molecule has 0 atom stereocenters. The zero-order valence-corrected chi connectivity index (χ0v) is 16.7. The van der Waals surface area contributed by atoms with E-state index in [1.165, 1.54) is 0 Å². The molecular weight excluding hydrogens is 358 g/mol. The molecule has 2 aromatic heterocycles. The standard InChI is InChI=1S/C21H23N3O4/c1-21(6-7-21)19(25)13-11-24(2)20-17(13)23-14(10-22-20)12-8-15(26-3)18(28-5)16(9-12)27-4/h8-11H,6-7H2,1-5H3. The van der Waals surface area contributed by atoms with Crippen LogP contribution in [-0.4, -0.2) is 41.6 Å². The SMILES string of the molecule is COc1cc(-c2cnc3c(n2)c(C(=O)C2(C)CC2)cn3C)cc(OC)c1OC. The van der Waals surface area contributed by atoms with E-state index < -0.39 is 0 Å². The van der Waals surface area contributed by atoms with E-state index in [4.69, 9.17) is 19.2 Å². The molecule has 0 radical (unpaired) electrons. The van der Waals surface area contributed by atoms with Crippen molar-refractivity contribution in [3.63, 3.8) is 0 Å². The molecular formula is C21H23N3O4. The maximum atomic E-state index is 13.0. The second kappa shape index (κ2) is 6.51. The quantitative estimate of drug-likeness (QED) is 0.607. The van der Waals surface area contributed by atoms with Crippen LogP contribution in [0.25, 0.3) is 22.4 Å². The number of aromatic nitrogens is 3. The van der Waals surface area contributed by atoms with Crippen LogP contribution in [0.3, 0.4) is 0 Å². The number of fused-ring (bicyclic) bond motifs is 1. The fraction of sp³-hybridized carbons (Fsp3) is 0.381. The monoisotopic (exact) mass is 381 g/mol. The summed E-state index contributed by atoms with van der Waals surface area (Å²) in [5, 5.41) is 0. The molecule has 1 fully saturated rings. The van der Waals surface area contributed by atoms with Gasteiger partial charge < -0.3 is 18.8 Å². The average Bonchev–Trinajstić information content (AvgIpc) is 3.39. The Bertz CT molecular complexity index is 1060. The van der Waals surface area contributed by atoms with Gasteiger partial charge >= 0.3 is 0 Å². The summed E-state index contributed by atoms with van der Waals surface area (Å²) < 4.78 is 18.1. The molecule has 4 rings (SSSR count). The highest BCUT2D eigenvalue weighted by Crippen LogP contribution is 2.48. The first-order valence-corrected chi connectivity index (χ1v) is 9.09. The third kappa shape index (κ3) is 2.78. The molecule has 7 heteroatoms. The van der Waals surface area contributed by atoms with Gasteiger partial charge in [0.05, 0.1) is 38.8 Å². The zero-order chi connectivity index (χ0) is 20.1. The van der Waals surface area contributed by atoms with Gasteiger partial charge in [0, 0.05) is 24.2 Å². The number of hydrogen-bond donors (Lipinski definition) is 0. The lowest BCUT2D eigenvalue weighted by molar-refractivity contribution is 0.0914. The maximum Gasteiger partial charge on any atom is 0.203 e. The summed E-state index contributed by atoms with van der Waals surface area (Å²) in [4.78, 5) is 22.3. The number of carbonyl (C=O) groups is 1. The first-order valence-electron chi connectivity index (χ1n) is 9.09. The van der Waals surface area contributed by atoms with E-state index in [-0.39, 0.29) is 11.2 Å². The van der Waals surface area contributed by atoms with Gasteiger partial charge in [0.15, 0.2) is 22.9 Å². The third-order valence-corrected chi connectivity index (χ3v) is 5.42. The Labute approximate surface area is 163 Å². The van der Waals surface area contributed by atoms with Crippen molar-refractivity contribution >= 4 is 16.9 Å². The Morgan fingerprint density at radius 1 is 1.11 bits per heavy atom. The lowest BCUT2D eigenvalue weighted by atomic mass is 9.98. The number of ketones is 1. The minimum absolute atomic E-state index is 0.134. The van der Waals surface area contributed by atoms with Crippen LogP contribution in [0.5, 0.6) is 17.2 Å². The van der Waals surface area contributed by atoms with Crippen LogP contribution < -0.4 is 14.2 Å². The number of hydrogen-bond acceptors (Lipinski definition) is 6. The summed E-state index contributed by atoms with van der Waals surface area (Å²) in [6.07, 6.45) is 5.36. The van der Waals surface area contributed by atoms with Crippen molar-refractivity contribution in [2.24, 2.45) is 12.5 Å². The van der Waals surface area contributed by atoms with Gasteiger partial charge in [-0.15, -0.1) is 0 Å². The number of carbonyl (C=O) groups excluding carboxylic acids is 1. The van der Waals surface area contributed by atoms with Crippen LogP contribution in [0.15, 0.2) is 24.5 Å². The number of benzene rings is 1.